The van der Waals surface area contributed by atoms with E-state index in [1.165, 1.54) is 17.4 Å². The van der Waals surface area contributed by atoms with Gasteiger partial charge in [-0.2, -0.15) is 5.10 Å². The predicted octanol–water partition coefficient (Wildman–Crippen LogP) is 2.09. The predicted molar refractivity (Wildman–Crippen MR) is 69.3 cm³/mol. The zero-order valence-corrected chi connectivity index (χ0v) is 10.5. The largest absolute Gasteiger partial charge is 0.344 e. The number of hydrogen-bond donors (Lipinski definition) is 2. The Morgan fingerprint density at radius 2 is 2.37 bits per heavy atom. The molecule has 3 aromatic rings. The number of fused-ring (bicyclic) bond motifs is 1. The van der Waals surface area contributed by atoms with Crippen molar-refractivity contribution in [3.63, 3.8) is 0 Å². The molecule has 19 heavy (non-hydrogen) atoms. The lowest BCUT2D eigenvalue weighted by Gasteiger charge is -2.01. The molecule has 0 radical (unpaired) electrons. The molecule has 2 aromatic heterocycles. The Labute approximate surface area is 111 Å². The summed E-state index contributed by atoms with van der Waals surface area (Å²) < 4.78 is 13.4. The Morgan fingerprint density at radius 1 is 1.47 bits per heavy atom. The maximum atomic E-state index is 13.4. The van der Waals surface area contributed by atoms with Crippen LogP contribution in [0.2, 0.25) is 0 Å². The van der Waals surface area contributed by atoms with E-state index < -0.39 is 5.82 Å². The quantitative estimate of drug-likeness (QED) is 0.769. The molecule has 2 heterocycles. The van der Waals surface area contributed by atoms with Gasteiger partial charge >= 0.3 is 0 Å². The van der Waals surface area contributed by atoms with Crippen LogP contribution < -0.4 is 5.32 Å². The maximum absolute atomic E-state index is 13.4. The van der Waals surface area contributed by atoms with E-state index in [0.717, 1.165) is 5.01 Å². The molecule has 1 aromatic carbocycles. The number of nitrogens with one attached hydrogen (secondary N) is 2. The summed E-state index contributed by atoms with van der Waals surface area (Å²) in [7, 11) is 0. The summed E-state index contributed by atoms with van der Waals surface area (Å²) in [6.07, 6.45) is 1.67. The molecule has 0 aliphatic carbocycles. The van der Waals surface area contributed by atoms with Crippen LogP contribution in [0.4, 0.5) is 4.39 Å². The number of nitrogens with zero attached hydrogens (tertiary/aromatic N) is 2. The monoisotopic (exact) mass is 276 g/mol. The molecule has 1 amide bonds. The molecular weight excluding hydrogens is 267 g/mol. The minimum atomic E-state index is -0.451. The minimum absolute atomic E-state index is 0.168. The highest BCUT2D eigenvalue weighted by atomic mass is 32.1. The van der Waals surface area contributed by atoms with Gasteiger partial charge in [-0.15, -0.1) is 11.3 Å². The molecule has 0 fully saturated rings. The van der Waals surface area contributed by atoms with Crippen LogP contribution in [-0.2, 0) is 6.54 Å². The number of aromatic nitrogens is 3. The Hall–Kier alpha value is -2.28. The zero-order chi connectivity index (χ0) is 13.2. The second kappa shape index (κ2) is 4.77. The van der Waals surface area contributed by atoms with Crippen LogP contribution in [0, 0.1) is 5.82 Å². The second-order valence-corrected chi connectivity index (χ2v) is 4.82. The van der Waals surface area contributed by atoms with E-state index in [1.54, 1.807) is 18.3 Å². The summed E-state index contributed by atoms with van der Waals surface area (Å²) in [5.74, 6) is -0.781. The van der Waals surface area contributed by atoms with E-state index in [0.29, 0.717) is 11.9 Å². The van der Waals surface area contributed by atoms with Crippen molar-refractivity contribution >= 4 is 28.1 Å². The SMILES string of the molecule is O=C(NCc1nccs1)c1[nH]nc2c(F)cccc12. The molecule has 0 aliphatic heterocycles. The summed E-state index contributed by atoms with van der Waals surface area (Å²) in [4.78, 5) is 16.1. The fourth-order valence-electron chi connectivity index (χ4n) is 1.76. The van der Waals surface area contributed by atoms with Crippen LogP contribution in [0.5, 0.6) is 0 Å². The lowest BCUT2D eigenvalue weighted by Crippen LogP contribution is -2.23. The molecule has 0 spiro atoms. The normalized spacial score (nSPS) is 10.8. The van der Waals surface area contributed by atoms with Crippen molar-refractivity contribution in [2.24, 2.45) is 0 Å². The van der Waals surface area contributed by atoms with Crippen LogP contribution in [-0.4, -0.2) is 21.1 Å². The molecule has 0 aliphatic rings. The third-order valence-corrected chi connectivity index (χ3v) is 3.43. The van der Waals surface area contributed by atoms with E-state index >= 15 is 0 Å². The number of H-pyrrole nitrogens is 1. The third kappa shape index (κ3) is 2.19. The number of amides is 1. The number of halogens is 1. The average molecular weight is 276 g/mol. The van der Waals surface area contributed by atoms with Gasteiger partial charge in [0.1, 0.15) is 16.2 Å². The number of thiazole rings is 1. The molecule has 3 rings (SSSR count). The van der Waals surface area contributed by atoms with Crippen LogP contribution in [0.25, 0.3) is 10.9 Å². The van der Waals surface area contributed by atoms with Crippen LogP contribution in [0.3, 0.4) is 0 Å². The van der Waals surface area contributed by atoms with Gasteiger partial charge in [0.05, 0.1) is 6.54 Å². The molecule has 2 N–H and O–H groups in total. The van der Waals surface area contributed by atoms with Crippen molar-refractivity contribution < 1.29 is 9.18 Å². The maximum Gasteiger partial charge on any atom is 0.270 e. The lowest BCUT2D eigenvalue weighted by atomic mass is 10.2. The summed E-state index contributed by atoms with van der Waals surface area (Å²) in [5, 5.41) is 12.2. The Morgan fingerprint density at radius 3 is 3.16 bits per heavy atom. The minimum Gasteiger partial charge on any atom is -0.344 e. The number of hydrogen-bond acceptors (Lipinski definition) is 4. The van der Waals surface area contributed by atoms with E-state index in [-0.39, 0.29) is 17.1 Å². The van der Waals surface area contributed by atoms with Crippen molar-refractivity contribution in [3.05, 3.63) is 46.3 Å². The first-order valence-electron chi connectivity index (χ1n) is 5.55. The zero-order valence-electron chi connectivity index (χ0n) is 9.68. The van der Waals surface area contributed by atoms with Gasteiger partial charge in [0.25, 0.3) is 5.91 Å². The fraction of sp³-hybridized carbons (Fsp3) is 0.0833. The third-order valence-electron chi connectivity index (χ3n) is 2.65. The fourth-order valence-corrected chi connectivity index (χ4v) is 2.32. The van der Waals surface area contributed by atoms with Crippen molar-refractivity contribution in [2.75, 3.05) is 0 Å². The van der Waals surface area contributed by atoms with Crippen LogP contribution in [0.15, 0.2) is 29.8 Å². The number of rotatable bonds is 3. The molecule has 0 bridgehead atoms. The molecule has 0 saturated carbocycles. The molecule has 0 atom stereocenters. The standard InChI is InChI=1S/C12H9FN4OS/c13-8-3-1-2-7-10(8)16-17-11(7)12(18)15-6-9-14-4-5-19-9/h1-5H,6H2,(H,15,18)(H,16,17). The molecule has 96 valence electrons. The van der Waals surface area contributed by atoms with Crippen LogP contribution in [0.1, 0.15) is 15.5 Å². The van der Waals surface area contributed by atoms with Crippen molar-refractivity contribution in [2.45, 2.75) is 6.54 Å². The van der Waals surface area contributed by atoms with Gasteiger partial charge in [-0.05, 0) is 6.07 Å². The van der Waals surface area contributed by atoms with Gasteiger partial charge in [-0.1, -0.05) is 12.1 Å². The van der Waals surface area contributed by atoms with Gasteiger partial charge in [0.15, 0.2) is 5.82 Å². The van der Waals surface area contributed by atoms with Gasteiger partial charge in [0.2, 0.25) is 0 Å². The van der Waals surface area contributed by atoms with Crippen molar-refractivity contribution in [1.82, 2.24) is 20.5 Å². The van der Waals surface area contributed by atoms with E-state index in [9.17, 15) is 9.18 Å². The van der Waals surface area contributed by atoms with E-state index in [2.05, 4.69) is 20.5 Å². The van der Waals surface area contributed by atoms with E-state index in [4.69, 9.17) is 0 Å². The number of para-hydroxylation sites is 1. The van der Waals surface area contributed by atoms with Gasteiger partial charge < -0.3 is 5.32 Å². The van der Waals surface area contributed by atoms with Gasteiger partial charge in [0, 0.05) is 17.0 Å². The summed E-state index contributed by atoms with van der Waals surface area (Å²) in [6, 6.07) is 4.51. The number of carbonyl (C=O) groups is 1. The first kappa shape index (κ1) is 11.8. The number of aromatic amines is 1. The first-order valence-corrected chi connectivity index (χ1v) is 6.43. The molecule has 7 heteroatoms. The molecule has 5 nitrogen and oxygen atoms in total. The summed E-state index contributed by atoms with van der Waals surface area (Å²) in [6.45, 7) is 0.340. The lowest BCUT2D eigenvalue weighted by molar-refractivity contribution is 0.0947. The Kier molecular flexibility index (Phi) is 2.96. The second-order valence-electron chi connectivity index (χ2n) is 3.84. The Bertz CT molecular complexity index is 722. The number of benzene rings is 1. The smallest absolute Gasteiger partial charge is 0.270 e. The molecule has 0 saturated heterocycles. The highest BCUT2D eigenvalue weighted by Gasteiger charge is 2.15. The van der Waals surface area contributed by atoms with Crippen LogP contribution >= 0.6 is 11.3 Å². The van der Waals surface area contributed by atoms with Crippen molar-refractivity contribution in [1.29, 1.82) is 0 Å². The summed E-state index contributed by atoms with van der Waals surface area (Å²) >= 11 is 1.46. The first-order chi connectivity index (χ1) is 9.25. The van der Waals surface area contributed by atoms with Gasteiger partial charge in [-0.25, -0.2) is 9.37 Å². The number of carbonyl (C=O) groups excluding carboxylic acids is 1. The topological polar surface area (TPSA) is 70.7 Å². The van der Waals surface area contributed by atoms with E-state index in [1.807, 2.05) is 5.38 Å². The summed E-state index contributed by atoms with van der Waals surface area (Å²) in [5.41, 5.74) is 0.424. The Balaban J connectivity index is 1.84. The highest BCUT2D eigenvalue weighted by molar-refractivity contribution is 7.09. The van der Waals surface area contributed by atoms with Crippen molar-refractivity contribution in [3.8, 4) is 0 Å². The highest BCUT2D eigenvalue weighted by Crippen LogP contribution is 2.18. The molecule has 0 unspecified atom stereocenters. The van der Waals surface area contributed by atoms with Gasteiger partial charge in [-0.3, -0.25) is 9.89 Å². The average Bonchev–Trinajstić information content (AvgIpc) is 3.06. The molecular formula is C12H9FN4OS.